The molecule has 0 bridgehead atoms. The van der Waals surface area contributed by atoms with Gasteiger partial charge in [-0.15, -0.1) is 0 Å². The molecule has 0 aliphatic carbocycles. The summed E-state index contributed by atoms with van der Waals surface area (Å²) in [6.45, 7) is 7.32. The summed E-state index contributed by atoms with van der Waals surface area (Å²) in [5.41, 5.74) is 4.83. The van der Waals surface area contributed by atoms with Gasteiger partial charge in [-0.05, 0) is 51.2 Å². The molecule has 0 unspecified atom stereocenters. The fourth-order valence-corrected chi connectivity index (χ4v) is 2.08. The highest BCUT2D eigenvalue weighted by atomic mass is 15.1. The van der Waals surface area contributed by atoms with Crippen molar-refractivity contribution >= 4 is 11.0 Å². The van der Waals surface area contributed by atoms with Gasteiger partial charge in [0.15, 0.2) is 0 Å². The van der Waals surface area contributed by atoms with E-state index in [1.165, 1.54) is 11.1 Å². The molecule has 0 spiro atoms. The minimum Gasteiger partial charge on any atom is -0.342 e. The maximum atomic E-state index is 4.64. The monoisotopic (exact) mass is 260 g/mol. The van der Waals surface area contributed by atoms with E-state index in [2.05, 4.69) is 60.3 Å². The number of hydrogen-bond donors (Lipinski definition) is 2. The Hall–Kier alpha value is -1.39. The second-order valence-electron chi connectivity index (χ2n) is 5.44. The van der Waals surface area contributed by atoms with Gasteiger partial charge < -0.3 is 15.2 Å². The number of aromatic nitrogens is 2. The number of nitrogens with one attached hydrogen (secondary N) is 2. The van der Waals surface area contributed by atoms with Crippen LogP contribution in [0.5, 0.6) is 0 Å². The number of rotatable bonds is 6. The zero-order valence-corrected chi connectivity index (χ0v) is 12.4. The Morgan fingerprint density at radius 2 is 1.89 bits per heavy atom. The summed E-state index contributed by atoms with van der Waals surface area (Å²) in [7, 11) is 4.18. The summed E-state index contributed by atoms with van der Waals surface area (Å²) in [5, 5.41) is 3.43. The zero-order valence-electron chi connectivity index (χ0n) is 12.4. The number of H-pyrrole nitrogens is 1. The van der Waals surface area contributed by atoms with Crippen molar-refractivity contribution < 1.29 is 0 Å². The van der Waals surface area contributed by atoms with Crippen LogP contribution in [0.25, 0.3) is 11.0 Å². The number of hydrogen-bond acceptors (Lipinski definition) is 3. The first-order valence-corrected chi connectivity index (χ1v) is 6.87. The lowest BCUT2D eigenvalue weighted by atomic mass is 10.1. The Morgan fingerprint density at radius 1 is 1.16 bits per heavy atom. The molecule has 0 fully saturated rings. The average Bonchev–Trinajstić information content (AvgIpc) is 2.71. The fourth-order valence-electron chi connectivity index (χ4n) is 2.08. The highest BCUT2D eigenvalue weighted by Gasteiger charge is 2.04. The number of aryl methyl sites for hydroxylation is 2. The van der Waals surface area contributed by atoms with Crippen LogP contribution < -0.4 is 5.32 Å². The van der Waals surface area contributed by atoms with Crippen LogP contribution in [0.1, 0.15) is 17.0 Å². The third-order valence-electron chi connectivity index (χ3n) is 3.42. The van der Waals surface area contributed by atoms with Crippen LogP contribution in [-0.2, 0) is 6.42 Å². The first kappa shape index (κ1) is 14.0. The minimum absolute atomic E-state index is 0.945. The van der Waals surface area contributed by atoms with E-state index in [4.69, 9.17) is 0 Å². The largest absolute Gasteiger partial charge is 0.342 e. The van der Waals surface area contributed by atoms with Crippen molar-refractivity contribution in [3.63, 3.8) is 0 Å². The van der Waals surface area contributed by atoms with Gasteiger partial charge in [-0.3, -0.25) is 0 Å². The van der Waals surface area contributed by atoms with E-state index in [9.17, 15) is 0 Å². The summed E-state index contributed by atoms with van der Waals surface area (Å²) in [4.78, 5) is 10.2. The molecule has 1 heterocycles. The molecule has 0 aliphatic heterocycles. The molecule has 0 aliphatic rings. The van der Waals surface area contributed by atoms with Gasteiger partial charge in [-0.25, -0.2) is 4.98 Å². The van der Waals surface area contributed by atoms with Crippen LogP contribution in [0, 0.1) is 13.8 Å². The molecule has 0 amide bonds. The maximum Gasteiger partial charge on any atom is 0.108 e. The Morgan fingerprint density at radius 3 is 2.63 bits per heavy atom. The van der Waals surface area contributed by atoms with Crippen molar-refractivity contribution in [2.24, 2.45) is 0 Å². The van der Waals surface area contributed by atoms with Crippen LogP contribution in [0.4, 0.5) is 0 Å². The predicted molar refractivity (Wildman–Crippen MR) is 80.7 cm³/mol. The number of aromatic amines is 1. The van der Waals surface area contributed by atoms with Crippen LogP contribution in [0.3, 0.4) is 0 Å². The molecule has 2 N–H and O–H groups in total. The number of nitrogens with zero attached hydrogens (tertiary/aromatic N) is 2. The van der Waals surface area contributed by atoms with E-state index in [1.807, 2.05) is 0 Å². The van der Waals surface area contributed by atoms with Crippen molar-refractivity contribution in [3.05, 3.63) is 29.1 Å². The lowest BCUT2D eigenvalue weighted by molar-refractivity contribution is 0.400. The number of imidazole rings is 1. The van der Waals surface area contributed by atoms with Crippen molar-refractivity contribution in [2.45, 2.75) is 20.3 Å². The zero-order chi connectivity index (χ0) is 13.8. The second-order valence-corrected chi connectivity index (χ2v) is 5.44. The van der Waals surface area contributed by atoms with Gasteiger partial charge in [-0.1, -0.05) is 0 Å². The second kappa shape index (κ2) is 6.17. The smallest absolute Gasteiger partial charge is 0.108 e. The summed E-state index contributed by atoms with van der Waals surface area (Å²) >= 11 is 0. The van der Waals surface area contributed by atoms with E-state index in [0.717, 1.165) is 42.9 Å². The van der Waals surface area contributed by atoms with E-state index in [0.29, 0.717) is 0 Å². The molecular weight excluding hydrogens is 236 g/mol. The highest BCUT2D eigenvalue weighted by molar-refractivity contribution is 5.77. The van der Waals surface area contributed by atoms with Gasteiger partial charge in [0.25, 0.3) is 0 Å². The predicted octanol–water partition coefficient (Wildman–Crippen LogP) is 1.87. The summed E-state index contributed by atoms with van der Waals surface area (Å²) in [6.07, 6.45) is 0.945. The Bertz CT molecular complexity index is 503. The molecule has 0 saturated heterocycles. The molecule has 1 aromatic heterocycles. The first-order valence-electron chi connectivity index (χ1n) is 6.87. The Balaban J connectivity index is 1.91. The van der Waals surface area contributed by atoms with E-state index >= 15 is 0 Å². The molecule has 104 valence electrons. The van der Waals surface area contributed by atoms with Gasteiger partial charge >= 0.3 is 0 Å². The topological polar surface area (TPSA) is 44.0 Å². The van der Waals surface area contributed by atoms with Gasteiger partial charge in [0.1, 0.15) is 5.82 Å². The van der Waals surface area contributed by atoms with Gasteiger partial charge in [-0.2, -0.15) is 0 Å². The van der Waals surface area contributed by atoms with Crippen LogP contribution in [0.2, 0.25) is 0 Å². The lowest BCUT2D eigenvalue weighted by Crippen LogP contribution is -2.28. The third kappa shape index (κ3) is 3.78. The first-order chi connectivity index (χ1) is 9.06. The van der Waals surface area contributed by atoms with E-state index in [1.54, 1.807) is 0 Å². The molecule has 2 aromatic rings. The van der Waals surface area contributed by atoms with Crippen LogP contribution >= 0.6 is 0 Å². The van der Waals surface area contributed by atoms with E-state index < -0.39 is 0 Å². The molecule has 0 radical (unpaired) electrons. The quantitative estimate of drug-likeness (QED) is 0.779. The van der Waals surface area contributed by atoms with Gasteiger partial charge in [0, 0.05) is 26.1 Å². The maximum absolute atomic E-state index is 4.64. The molecule has 1 aromatic carbocycles. The number of fused-ring (bicyclic) bond motifs is 1. The Labute approximate surface area is 115 Å². The van der Waals surface area contributed by atoms with Crippen LogP contribution in [-0.4, -0.2) is 48.6 Å². The van der Waals surface area contributed by atoms with E-state index in [-0.39, 0.29) is 0 Å². The molecule has 0 saturated carbocycles. The summed E-state index contributed by atoms with van der Waals surface area (Å²) in [6, 6.07) is 4.34. The average molecular weight is 260 g/mol. The van der Waals surface area contributed by atoms with Crippen molar-refractivity contribution in [1.82, 2.24) is 20.2 Å². The minimum atomic E-state index is 0.945. The highest BCUT2D eigenvalue weighted by Crippen LogP contribution is 2.17. The lowest BCUT2D eigenvalue weighted by Gasteiger charge is -2.09. The van der Waals surface area contributed by atoms with Crippen molar-refractivity contribution in [3.8, 4) is 0 Å². The molecule has 2 rings (SSSR count). The molecule has 4 heteroatoms. The fraction of sp³-hybridized carbons (Fsp3) is 0.533. The van der Waals surface area contributed by atoms with Gasteiger partial charge in [0.2, 0.25) is 0 Å². The SMILES string of the molecule is Cc1cc2nc(CCNCCN(C)C)[nH]c2cc1C. The molecule has 4 nitrogen and oxygen atoms in total. The van der Waals surface area contributed by atoms with Crippen molar-refractivity contribution in [2.75, 3.05) is 33.7 Å². The molecular formula is C15H24N4. The normalized spacial score (nSPS) is 11.6. The molecule has 19 heavy (non-hydrogen) atoms. The third-order valence-corrected chi connectivity index (χ3v) is 3.42. The van der Waals surface area contributed by atoms with Crippen molar-refractivity contribution in [1.29, 1.82) is 0 Å². The Kier molecular flexibility index (Phi) is 4.56. The standard InChI is InChI=1S/C15H24N4/c1-11-9-13-14(10-12(11)2)18-15(17-13)5-6-16-7-8-19(3)4/h9-10,16H,5-8H2,1-4H3,(H,17,18). The number of benzene rings is 1. The molecule has 0 atom stereocenters. The number of likely N-dealkylation sites (N-methyl/N-ethyl adjacent to an activating group) is 1. The van der Waals surface area contributed by atoms with Gasteiger partial charge in [0.05, 0.1) is 11.0 Å². The summed E-state index contributed by atoms with van der Waals surface area (Å²) in [5.74, 6) is 1.07. The van der Waals surface area contributed by atoms with Crippen LogP contribution in [0.15, 0.2) is 12.1 Å². The summed E-state index contributed by atoms with van der Waals surface area (Å²) < 4.78 is 0.